The SMILES string of the molecule is Cc1cc(Nc2ncnc3cc4c(cc23)N2CCNC(CO4)C2)ccc1Oc1ccn2ncnc2c1. The quantitative estimate of drug-likeness (QED) is 0.399. The predicted octanol–water partition coefficient (Wildman–Crippen LogP) is 3.69. The molecule has 0 saturated carbocycles. The summed E-state index contributed by atoms with van der Waals surface area (Å²) in [6.07, 6.45) is 4.93. The van der Waals surface area contributed by atoms with E-state index in [-0.39, 0.29) is 0 Å². The summed E-state index contributed by atoms with van der Waals surface area (Å²) in [7, 11) is 0. The molecule has 0 aliphatic carbocycles. The molecule has 2 aromatic carbocycles. The summed E-state index contributed by atoms with van der Waals surface area (Å²) in [5, 5.41) is 12.1. The number of piperazine rings is 1. The Hall–Kier alpha value is -4.44. The Bertz CT molecular complexity index is 1600. The first-order valence-corrected chi connectivity index (χ1v) is 11.9. The van der Waals surface area contributed by atoms with Gasteiger partial charge in [-0.15, -0.1) is 0 Å². The highest BCUT2D eigenvalue weighted by molar-refractivity contribution is 5.95. The molecule has 7 rings (SSSR count). The minimum atomic E-state index is 0.333. The minimum absolute atomic E-state index is 0.333. The number of nitrogens with zero attached hydrogens (tertiary/aromatic N) is 6. The highest BCUT2D eigenvalue weighted by Crippen LogP contribution is 2.38. The lowest BCUT2D eigenvalue weighted by Crippen LogP contribution is -2.51. The molecule has 2 aliphatic heterocycles. The zero-order chi connectivity index (χ0) is 24.1. The second kappa shape index (κ2) is 8.35. The van der Waals surface area contributed by atoms with Crippen LogP contribution in [0.3, 0.4) is 0 Å². The Labute approximate surface area is 206 Å². The molecule has 1 fully saturated rings. The third kappa shape index (κ3) is 3.72. The number of ether oxygens (including phenoxy) is 2. The van der Waals surface area contributed by atoms with E-state index in [0.717, 1.165) is 70.4 Å². The number of hydrogen-bond donors (Lipinski definition) is 2. The molecular weight excluding hydrogens is 456 g/mol. The molecule has 2 bridgehead atoms. The lowest BCUT2D eigenvalue weighted by molar-refractivity contribution is 0.271. The fraction of sp³-hybridized carbons (Fsp3) is 0.231. The van der Waals surface area contributed by atoms with E-state index in [4.69, 9.17) is 9.47 Å². The van der Waals surface area contributed by atoms with Crippen LogP contribution in [-0.4, -0.2) is 56.8 Å². The molecule has 2 N–H and O–H groups in total. The van der Waals surface area contributed by atoms with Gasteiger partial charge in [0.25, 0.3) is 0 Å². The number of aryl methyl sites for hydroxylation is 1. The molecule has 0 radical (unpaired) electrons. The van der Waals surface area contributed by atoms with Crippen LogP contribution in [0.5, 0.6) is 17.2 Å². The maximum atomic E-state index is 6.12. The molecule has 10 heteroatoms. The average molecular weight is 481 g/mol. The van der Waals surface area contributed by atoms with Crippen LogP contribution in [0.4, 0.5) is 17.2 Å². The van der Waals surface area contributed by atoms with E-state index >= 15 is 0 Å². The van der Waals surface area contributed by atoms with E-state index in [1.807, 2.05) is 49.5 Å². The summed E-state index contributed by atoms with van der Waals surface area (Å²) in [5.41, 5.74) is 4.58. The van der Waals surface area contributed by atoms with Gasteiger partial charge in [0.05, 0.1) is 17.2 Å². The Balaban J connectivity index is 1.18. The zero-order valence-corrected chi connectivity index (χ0v) is 19.7. The van der Waals surface area contributed by atoms with Crippen molar-refractivity contribution in [3.63, 3.8) is 0 Å². The van der Waals surface area contributed by atoms with E-state index < -0.39 is 0 Å². The largest absolute Gasteiger partial charge is 0.490 e. The van der Waals surface area contributed by atoms with E-state index in [2.05, 4.69) is 41.7 Å². The molecule has 0 amide bonds. The summed E-state index contributed by atoms with van der Waals surface area (Å²) in [6, 6.07) is 14.2. The van der Waals surface area contributed by atoms with Crippen LogP contribution in [0, 0.1) is 6.92 Å². The lowest BCUT2D eigenvalue weighted by atomic mass is 10.1. The number of fused-ring (bicyclic) bond motifs is 6. The van der Waals surface area contributed by atoms with Crippen LogP contribution in [0.2, 0.25) is 0 Å². The smallest absolute Gasteiger partial charge is 0.158 e. The topological polar surface area (TPSA) is 102 Å². The lowest BCUT2D eigenvalue weighted by Gasteiger charge is -2.32. The summed E-state index contributed by atoms with van der Waals surface area (Å²) < 4.78 is 13.9. The first-order valence-electron chi connectivity index (χ1n) is 11.9. The van der Waals surface area contributed by atoms with Gasteiger partial charge >= 0.3 is 0 Å². The fourth-order valence-electron chi connectivity index (χ4n) is 4.85. The van der Waals surface area contributed by atoms with Crippen molar-refractivity contribution < 1.29 is 9.47 Å². The second-order valence-electron chi connectivity index (χ2n) is 9.10. The van der Waals surface area contributed by atoms with Crippen molar-refractivity contribution in [3.05, 3.63) is 66.9 Å². The van der Waals surface area contributed by atoms with Crippen molar-refractivity contribution >= 4 is 33.7 Å². The fourth-order valence-corrected chi connectivity index (χ4v) is 4.85. The predicted molar refractivity (Wildman–Crippen MR) is 137 cm³/mol. The molecule has 2 aliphatic rings. The molecule has 36 heavy (non-hydrogen) atoms. The van der Waals surface area contributed by atoms with E-state index in [1.165, 1.54) is 6.33 Å². The van der Waals surface area contributed by atoms with Gasteiger partial charge in [-0.3, -0.25) is 0 Å². The van der Waals surface area contributed by atoms with E-state index in [0.29, 0.717) is 18.4 Å². The van der Waals surface area contributed by atoms with Crippen LogP contribution in [-0.2, 0) is 0 Å². The van der Waals surface area contributed by atoms with E-state index in [9.17, 15) is 0 Å². The summed E-state index contributed by atoms with van der Waals surface area (Å²) >= 11 is 0. The summed E-state index contributed by atoms with van der Waals surface area (Å²) in [4.78, 5) is 15.7. The average Bonchev–Trinajstić information content (AvgIpc) is 3.33. The number of rotatable bonds is 4. The molecule has 0 spiro atoms. The molecule has 5 aromatic rings. The standard InChI is InChI=1S/C26H24N8O2/c1-16-8-17(2-3-23(16)36-19-4-6-34-25(9-19)29-15-31-34)32-26-20-10-22-24(11-21(20)28-14-30-26)35-13-18-12-33(22)7-5-27-18/h2-4,6,8-11,14-15,18,27H,5,7,12-13H2,1H3,(H,28,30,32). The summed E-state index contributed by atoms with van der Waals surface area (Å²) in [5.74, 6) is 3.11. The van der Waals surface area contributed by atoms with Crippen molar-refractivity contribution in [1.29, 1.82) is 0 Å². The second-order valence-corrected chi connectivity index (χ2v) is 9.10. The number of hydrogen-bond acceptors (Lipinski definition) is 9. The minimum Gasteiger partial charge on any atom is -0.490 e. The highest BCUT2D eigenvalue weighted by atomic mass is 16.5. The first-order chi connectivity index (χ1) is 17.7. The van der Waals surface area contributed by atoms with Crippen LogP contribution < -0.4 is 25.0 Å². The van der Waals surface area contributed by atoms with Crippen molar-refractivity contribution in [2.75, 3.05) is 36.5 Å². The molecule has 5 heterocycles. The molecule has 180 valence electrons. The normalized spacial score (nSPS) is 16.9. The molecule has 3 aromatic heterocycles. The van der Waals surface area contributed by atoms with Crippen LogP contribution in [0.25, 0.3) is 16.6 Å². The monoisotopic (exact) mass is 480 g/mol. The third-order valence-corrected chi connectivity index (χ3v) is 6.67. The van der Waals surface area contributed by atoms with Crippen LogP contribution in [0.15, 0.2) is 61.3 Å². The van der Waals surface area contributed by atoms with Crippen molar-refractivity contribution in [3.8, 4) is 17.2 Å². The molecule has 10 nitrogen and oxygen atoms in total. The Kier molecular flexibility index (Phi) is 4.84. The number of anilines is 3. The van der Waals surface area contributed by atoms with Gasteiger partial charge in [0.1, 0.15) is 42.3 Å². The summed E-state index contributed by atoms with van der Waals surface area (Å²) in [6.45, 7) is 5.50. The van der Waals surface area contributed by atoms with Crippen LogP contribution in [0.1, 0.15) is 5.56 Å². The van der Waals surface area contributed by atoms with Gasteiger partial charge in [0.2, 0.25) is 0 Å². The first kappa shape index (κ1) is 20.9. The zero-order valence-electron chi connectivity index (χ0n) is 19.7. The van der Waals surface area contributed by atoms with Crippen LogP contribution >= 0.6 is 0 Å². The van der Waals surface area contributed by atoms with Gasteiger partial charge in [0.15, 0.2) is 5.65 Å². The van der Waals surface area contributed by atoms with Gasteiger partial charge in [-0.1, -0.05) is 0 Å². The Morgan fingerprint density at radius 3 is 3.00 bits per heavy atom. The highest BCUT2D eigenvalue weighted by Gasteiger charge is 2.27. The van der Waals surface area contributed by atoms with Gasteiger partial charge in [-0.05, 0) is 42.8 Å². The molecule has 1 saturated heterocycles. The van der Waals surface area contributed by atoms with E-state index in [1.54, 1.807) is 10.8 Å². The van der Waals surface area contributed by atoms with Gasteiger partial charge in [0, 0.05) is 49.0 Å². The van der Waals surface area contributed by atoms with Gasteiger partial charge < -0.3 is 25.0 Å². The Morgan fingerprint density at radius 2 is 2.06 bits per heavy atom. The van der Waals surface area contributed by atoms with Crippen molar-refractivity contribution in [2.24, 2.45) is 0 Å². The molecular formula is C26H24N8O2. The molecule has 1 unspecified atom stereocenters. The van der Waals surface area contributed by atoms with Crippen molar-refractivity contribution in [1.82, 2.24) is 29.9 Å². The van der Waals surface area contributed by atoms with Gasteiger partial charge in [-0.25, -0.2) is 19.5 Å². The Morgan fingerprint density at radius 1 is 1.08 bits per heavy atom. The van der Waals surface area contributed by atoms with Gasteiger partial charge in [-0.2, -0.15) is 5.10 Å². The molecule has 1 atom stereocenters. The van der Waals surface area contributed by atoms with Crippen molar-refractivity contribution in [2.45, 2.75) is 13.0 Å². The third-order valence-electron chi connectivity index (χ3n) is 6.67. The number of pyridine rings is 1. The number of aromatic nitrogens is 5. The number of benzene rings is 2. The maximum Gasteiger partial charge on any atom is 0.158 e. The maximum absolute atomic E-state index is 6.12. The number of nitrogens with one attached hydrogen (secondary N) is 2.